The molecule has 0 aromatic rings. The van der Waals surface area contributed by atoms with Gasteiger partial charge >= 0.3 is 0 Å². The van der Waals surface area contributed by atoms with Gasteiger partial charge in [0.15, 0.2) is 0 Å². The van der Waals surface area contributed by atoms with E-state index in [-0.39, 0.29) is 0 Å². The first kappa shape index (κ1) is 8.34. The maximum Gasteiger partial charge on any atom is 0.0836 e. The molecule has 1 heterocycles. The van der Waals surface area contributed by atoms with E-state index in [2.05, 4.69) is 5.32 Å². The highest BCUT2D eigenvalue weighted by molar-refractivity contribution is 6.36. The average Bonchev–Trinajstić information content (AvgIpc) is 1.84. The zero-order chi connectivity index (χ0) is 7.40. The van der Waals surface area contributed by atoms with Gasteiger partial charge in [0.1, 0.15) is 0 Å². The molecule has 1 rings (SSSR count). The van der Waals surface area contributed by atoms with Crippen LogP contribution in [-0.2, 0) is 4.74 Å². The largest absolute Gasteiger partial charge is 0.370 e. The van der Waals surface area contributed by atoms with Crippen molar-refractivity contribution in [3.05, 3.63) is 10.6 Å². The number of ether oxygens (including phenoxy) is 1. The molecule has 0 spiro atoms. The van der Waals surface area contributed by atoms with Gasteiger partial charge in [0, 0.05) is 18.6 Å². The van der Waals surface area contributed by atoms with Crippen molar-refractivity contribution >= 4 is 23.2 Å². The van der Waals surface area contributed by atoms with Crippen molar-refractivity contribution in [3.63, 3.8) is 0 Å². The van der Waals surface area contributed by atoms with Crippen molar-refractivity contribution in [1.29, 1.82) is 0 Å². The molecule has 1 saturated heterocycles. The smallest absolute Gasteiger partial charge is 0.0836 e. The van der Waals surface area contributed by atoms with Crippen LogP contribution in [0.4, 0.5) is 0 Å². The molecule has 2 nitrogen and oxygen atoms in total. The highest BCUT2D eigenvalue weighted by atomic mass is 35.5. The van der Waals surface area contributed by atoms with Crippen LogP contribution in [0.3, 0.4) is 0 Å². The van der Waals surface area contributed by atoms with Crippen LogP contribution in [0.5, 0.6) is 0 Å². The third-order valence-electron chi connectivity index (χ3n) is 1.32. The predicted molar refractivity (Wildman–Crippen MR) is 42.4 cm³/mol. The van der Waals surface area contributed by atoms with Crippen molar-refractivity contribution in [2.45, 2.75) is 6.10 Å². The van der Waals surface area contributed by atoms with E-state index in [1.165, 1.54) is 5.54 Å². The fourth-order valence-electron chi connectivity index (χ4n) is 0.609. The summed E-state index contributed by atoms with van der Waals surface area (Å²) in [6.45, 7) is 2.27. The fourth-order valence-corrected chi connectivity index (χ4v) is 0.735. The molecule has 0 amide bonds. The van der Waals surface area contributed by atoms with Gasteiger partial charge < -0.3 is 10.1 Å². The average molecular weight is 182 g/mol. The zero-order valence-electron chi connectivity index (χ0n) is 5.44. The lowest BCUT2D eigenvalue weighted by molar-refractivity contribution is 0.0350. The number of rotatable bonds is 3. The second kappa shape index (κ2) is 4.19. The van der Waals surface area contributed by atoms with E-state index in [1.54, 1.807) is 0 Å². The summed E-state index contributed by atoms with van der Waals surface area (Å²) in [6, 6.07) is 0. The quantitative estimate of drug-likeness (QED) is 0.710. The normalized spacial score (nSPS) is 20.8. The summed E-state index contributed by atoms with van der Waals surface area (Å²) in [4.78, 5) is 0. The highest BCUT2D eigenvalue weighted by Gasteiger charge is 2.16. The Morgan fingerprint density at radius 2 is 2.40 bits per heavy atom. The van der Waals surface area contributed by atoms with Gasteiger partial charge in [0.2, 0.25) is 0 Å². The molecule has 4 heteroatoms. The molecule has 0 saturated carbocycles. The summed E-state index contributed by atoms with van der Waals surface area (Å²) in [5, 5.41) is 3.63. The topological polar surface area (TPSA) is 21.3 Å². The Balaban J connectivity index is 2.04. The molecule has 1 aliphatic heterocycles. The van der Waals surface area contributed by atoms with Gasteiger partial charge in [-0.15, -0.1) is 0 Å². The Bertz CT molecular complexity index is 134. The molecular formula is C6H9Cl2NO. The summed E-state index contributed by atoms with van der Waals surface area (Å²) in [6.07, 6.45) is 0.324. The van der Waals surface area contributed by atoms with E-state index in [0.29, 0.717) is 17.7 Å². The Labute approximate surface area is 70.1 Å². The summed E-state index contributed by atoms with van der Waals surface area (Å²) in [5.74, 6) is 0. The van der Waals surface area contributed by atoms with Gasteiger partial charge in [-0.2, -0.15) is 0 Å². The minimum absolute atomic E-state index is 0.324. The summed E-state index contributed by atoms with van der Waals surface area (Å²) in [5.41, 5.74) is 1.33. The third-order valence-corrected chi connectivity index (χ3v) is 1.91. The molecule has 58 valence electrons. The summed E-state index contributed by atoms with van der Waals surface area (Å²) < 4.78 is 5.28. The van der Waals surface area contributed by atoms with Crippen molar-refractivity contribution in [3.8, 4) is 0 Å². The first-order chi connectivity index (χ1) is 4.83. The van der Waals surface area contributed by atoms with E-state index in [1.807, 2.05) is 0 Å². The number of hydrogen-bond donors (Lipinski definition) is 1. The van der Waals surface area contributed by atoms with Crippen molar-refractivity contribution in [2.24, 2.45) is 0 Å². The molecule has 0 bridgehead atoms. The van der Waals surface area contributed by atoms with E-state index in [4.69, 9.17) is 27.9 Å². The monoisotopic (exact) mass is 181 g/mol. The first-order valence-corrected chi connectivity index (χ1v) is 3.91. The molecule has 1 aliphatic rings. The molecular weight excluding hydrogens is 173 g/mol. The van der Waals surface area contributed by atoms with E-state index in [9.17, 15) is 0 Å². The maximum atomic E-state index is 5.57. The van der Waals surface area contributed by atoms with Crippen LogP contribution in [0.25, 0.3) is 0 Å². The van der Waals surface area contributed by atoms with Crippen molar-refractivity contribution in [1.82, 2.24) is 5.32 Å². The summed E-state index contributed by atoms with van der Waals surface area (Å²) in [7, 11) is 0. The Kier molecular flexibility index (Phi) is 3.49. The molecule has 10 heavy (non-hydrogen) atoms. The molecule has 1 N–H and O–H groups in total. The first-order valence-electron chi connectivity index (χ1n) is 3.10. The summed E-state index contributed by atoms with van der Waals surface area (Å²) >= 11 is 10.9. The second-order valence-electron chi connectivity index (χ2n) is 2.15. The Morgan fingerprint density at radius 3 is 2.80 bits per heavy atom. The van der Waals surface area contributed by atoms with Gasteiger partial charge in [-0.3, -0.25) is 0 Å². The molecule has 0 atom stereocenters. The SMILES string of the molecule is ClC=C(Cl)COC1CNC1. The van der Waals surface area contributed by atoms with Crippen LogP contribution in [0.2, 0.25) is 0 Å². The number of hydrogen-bond acceptors (Lipinski definition) is 2. The van der Waals surface area contributed by atoms with Gasteiger partial charge in [-0.25, -0.2) is 0 Å². The molecule has 0 aromatic carbocycles. The van der Waals surface area contributed by atoms with Gasteiger partial charge in [0.25, 0.3) is 0 Å². The van der Waals surface area contributed by atoms with Crippen molar-refractivity contribution < 1.29 is 4.74 Å². The van der Waals surface area contributed by atoms with Crippen LogP contribution >= 0.6 is 23.2 Å². The minimum Gasteiger partial charge on any atom is -0.370 e. The zero-order valence-corrected chi connectivity index (χ0v) is 6.95. The second-order valence-corrected chi connectivity index (χ2v) is 2.85. The van der Waals surface area contributed by atoms with E-state index < -0.39 is 0 Å². The van der Waals surface area contributed by atoms with Crippen LogP contribution in [-0.4, -0.2) is 25.8 Å². The fraction of sp³-hybridized carbons (Fsp3) is 0.667. The molecule has 0 radical (unpaired) electrons. The van der Waals surface area contributed by atoms with Crippen LogP contribution < -0.4 is 5.32 Å². The van der Waals surface area contributed by atoms with Crippen molar-refractivity contribution in [2.75, 3.05) is 19.7 Å². The van der Waals surface area contributed by atoms with Gasteiger partial charge in [-0.05, 0) is 0 Å². The Morgan fingerprint density at radius 1 is 1.70 bits per heavy atom. The highest BCUT2D eigenvalue weighted by Crippen LogP contribution is 2.06. The molecule has 1 fully saturated rings. The molecule has 0 aliphatic carbocycles. The third kappa shape index (κ3) is 2.46. The minimum atomic E-state index is 0.324. The van der Waals surface area contributed by atoms with Gasteiger partial charge in [-0.1, -0.05) is 23.2 Å². The van der Waals surface area contributed by atoms with E-state index in [0.717, 1.165) is 13.1 Å². The maximum absolute atomic E-state index is 5.57. The van der Waals surface area contributed by atoms with Gasteiger partial charge in [0.05, 0.1) is 17.7 Å². The van der Waals surface area contributed by atoms with Crippen LogP contribution in [0, 0.1) is 0 Å². The lowest BCUT2D eigenvalue weighted by Gasteiger charge is -2.26. The number of halogens is 2. The van der Waals surface area contributed by atoms with Crippen LogP contribution in [0.1, 0.15) is 0 Å². The number of nitrogens with one attached hydrogen (secondary N) is 1. The van der Waals surface area contributed by atoms with E-state index >= 15 is 0 Å². The Hall–Kier alpha value is 0.240. The lowest BCUT2D eigenvalue weighted by atomic mass is 10.2. The lowest BCUT2D eigenvalue weighted by Crippen LogP contribution is -2.48. The molecule has 0 aromatic heterocycles. The predicted octanol–water partition coefficient (Wildman–Crippen LogP) is 1.29. The van der Waals surface area contributed by atoms with Crippen LogP contribution in [0.15, 0.2) is 10.6 Å². The molecule has 0 unspecified atom stereocenters. The standard InChI is InChI=1S/C6H9Cl2NO/c7-1-5(8)4-10-6-2-9-3-6/h1,6,9H,2-4H2.